The first-order valence-electron chi connectivity index (χ1n) is 7.51. The summed E-state index contributed by atoms with van der Waals surface area (Å²) in [5.74, 6) is -0.338. The molecule has 1 aliphatic carbocycles. The lowest BCUT2D eigenvalue weighted by Gasteiger charge is -2.26. The van der Waals surface area contributed by atoms with Gasteiger partial charge >= 0.3 is 0 Å². The van der Waals surface area contributed by atoms with Crippen molar-refractivity contribution in [3.05, 3.63) is 0 Å². The first-order valence-corrected chi connectivity index (χ1v) is 7.51. The molecule has 20 heavy (non-hydrogen) atoms. The number of carbonyl (C=O) groups is 2. The van der Waals surface area contributed by atoms with E-state index in [1.807, 2.05) is 14.1 Å². The van der Waals surface area contributed by atoms with Crippen molar-refractivity contribution in [3.8, 4) is 0 Å². The van der Waals surface area contributed by atoms with Crippen LogP contribution in [0.25, 0.3) is 0 Å². The van der Waals surface area contributed by atoms with Crippen LogP contribution in [0.3, 0.4) is 0 Å². The van der Waals surface area contributed by atoms with Gasteiger partial charge in [0.25, 0.3) is 5.91 Å². The molecular weight excluding hydrogens is 256 g/mol. The molecule has 0 unspecified atom stereocenters. The van der Waals surface area contributed by atoms with Crippen LogP contribution in [0.4, 0.5) is 0 Å². The summed E-state index contributed by atoms with van der Waals surface area (Å²) in [6.07, 6.45) is 5.55. The third-order valence-corrected chi connectivity index (χ3v) is 3.92. The molecule has 0 atom stereocenters. The van der Waals surface area contributed by atoms with E-state index in [9.17, 15) is 9.59 Å². The van der Waals surface area contributed by atoms with Gasteiger partial charge in [-0.1, -0.05) is 0 Å². The zero-order valence-corrected chi connectivity index (χ0v) is 13.0. The lowest BCUT2D eigenvalue weighted by Crippen LogP contribution is -2.34. The van der Waals surface area contributed by atoms with Crippen LogP contribution in [0.15, 0.2) is 0 Å². The van der Waals surface area contributed by atoms with E-state index >= 15 is 0 Å². The molecule has 0 aliphatic heterocycles. The molecule has 116 valence electrons. The monoisotopic (exact) mass is 284 g/mol. The van der Waals surface area contributed by atoms with Crippen LogP contribution in [0.1, 0.15) is 38.5 Å². The molecule has 0 radical (unpaired) electrons. The maximum absolute atomic E-state index is 11.8. The van der Waals surface area contributed by atoms with Crippen LogP contribution in [-0.4, -0.2) is 57.0 Å². The highest BCUT2D eigenvalue weighted by Gasteiger charge is 2.25. The van der Waals surface area contributed by atoms with Gasteiger partial charge in [0.05, 0.1) is 6.10 Å². The average Bonchev–Trinajstić information content (AvgIpc) is 2.44. The van der Waals surface area contributed by atoms with E-state index in [4.69, 9.17) is 4.74 Å². The molecule has 0 saturated heterocycles. The summed E-state index contributed by atoms with van der Waals surface area (Å²) in [4.78, 5) is 25.6. The van der Waals surface area contributed by atoms with Crippen molar-refractivity contribution >= 4 is 11.7 Å². The maximum atomic E-state index is 11.8. The Morgan fingerprint density at radius 3 is 2.40 bits per heavy atom. The highest BCUT2D eigenvalue weighted by Crippen LogP contribution is 2.28. The summed E-state index contributed by atoms with van der Waals surface area (Å²) in [7, 11) is 5.71. The fourth-order valence-electron chi connectivity index (χ4n) is 2.62. The topological polar surface area (TPSA) is 58.6 Å². The van der Waals surface area contributed by atoms with Crippen molar-refractivity contribution in [2.24, 2.45) is 5.92 Å². The quantitative estimate of drug-likeness (QED) is 0.538. The molecule has 5 heteroatoms. The molecule has 1 saturated carbocycles. The first-order chi connectivity index (χ1) is 9.52. The molecule has 0 aromatic heterocycles. The second kappa shape index (κ2) is 9.08. The van der Waals surface area contributed by atoms with Gasteiger partial charge in [-0.25, -0.2) is 0 Å². The predicted molar refractivity (Wildman–Crippen MR) is 78.6 cm³/mol. The van der Waals surface area contributed by atoms with Crippen LogP contribution < -0.4 is 5.32 Å². The van der Waals surface area contributed by atoms with Gasteiger partial charge in [0.1, 0.15) is 0 Å². The van der Waals surface area contributed by atoms with Gasteiger partial charge in [-0.3, -0.25) is 9.59 Å². The molecular formula is C15H28N2O3. The molecule has 0 heterocycles. The van der Waals surface area contributed by atoms with Crippen molar-refractivity contribution in [2.45, 2.75) is 44.6 Å². The zero-order valence-electron chi connectivity index (χ0n) is 13.0. The number of amides is 1. The lowest BCUT2D eigenvalue weighted by molar-refractivity contribution is -0.138. The van der Waals surface area contributed by atoms with E-state index in [0.717, 1.165) is 38.6 Å². The van der Waals surface area contributed by atoms with Gasteiger partial charge in [0.2, 0.25) is 5.78 Å². The van der Waals surface area contributed by atoms with Crippen LogP contribution in [-0.2, 0) is 14.3 Å². The van der Waals surface area contributed by atoms with E-state index < -0.39 is 5.91 Å². The summed E-state index contributed by atoms with van der Waals surface area (Å²) in [6, 6.07) is 0. The standard InChI is InChI=1S/C15H28N2O3/c1-17(2)10-4-9-16-15(19)14(18)11-12-5-7-13(20-3)8-6-12/h12-13H,4-11H2,1-3H3,(H,16,19). The number of ether oxygens (including phenoxy) is 1. The van der Waals surface area contributed by atoms with Crippen molar-refractivity contribution in [3.63, 3.8) is 0 Å². The minimum absolute atomic E-state index is 0.268. The van der Waals surface area contributed by atoms with Gasteiger partial charge in [-0.15, -0.1) is 0 Å². The molecule has 1 fully saturated rings. The molecule has 0 aromatic carbocycles. The van der Waals surface area contributed by atoms with E-state index in [0.29, 0.717) is 25.0 Å². The Balaban J connectivity index is 2.17. The van der Waals surface area contributed by atoms with E-state index in [1.165, 1.54) is 0 Å². The van der Waals surface area contributed by atoms with Gasteiger partial charge in [-0.05, 0) is 58.7 Å². The number of hydrogen-bond acceptors (Lipinski definition) is 4. The normalized spacial score (nSPS) is 22.8. The van der Waals surface area contributed by atoms with Crippen molar-refractivity contribution < 1.29 is 14.3 Å². The highest BCUT2D eigenvalue weighted by atomic mass is 16.5. The van der Waals surface area contributed by atoms with Crippen LogP contribution in [0.2, 0.25) is 0 Å². The Morgan fingerprint density at radius 1 is 1.20 bits per heavy atom. The summed E-state index contributed by atoms with van der Waals surface area (Å²) < 4.78 is 5.31. The largest absolute Gasteiger partial charge is 0.381 e. The summed E-state index contributed by atoms with van der Waals surface area (Å²) in [6.45, 7) is 1.48. The van der Waals surface area contributed by atoms with Gasteiger partial charge in [0.15, 0.2) is 0 Å². The molecule has 1 rings (SSSR count). The lowest BCUT2D eigenvalue weighted by atomic mass is 9.84. The van der Waals surface area contributed by atoms with Gasteiger partial charge in [0, 0.05) is 20.1 Å². The second-order valence-corrected chi connectivity index (χ2v) is 5.92. The second-order valence-electron chi connectivity index (χ2n) is 5.92. The maximum Gasteiger partial charge on any atom is 0.287 e. The summed E-state index contributed by atoms with van der Waals surface area (Å²) >= 11 is 0. The zero-order chi connectivity index (χ0) is 15.0. The molecule has 0 aromatic rings. The number of ketones is 1. The first kappa shape index (κ1) is 17.1. The van der Waals surface area contributed by atoms with Crippen LogP contribution >= 0.6 is 0 Å². The Kier molecular flexibility index (Phi) is 7.77. The molecule has 1 aliphatic rings. The van der Waals surface area contributed by atoms with Crippen LogP contribution in [0, 0.1) is 5.92 Å². The van der Waals surface area contributed by atoms with Gasteiger partial charge in [-0.2, -0.15) is 0 Å². The Bertz CT molecular complexity index is 310. The average molecular weight is 284 g/mol. The number of hydrogen-bond donors (Lipinski definition) is 1. The number of carbonyl (C=O) groups excluding carboxylic acids is 2. The number of nitrogens with zero attached hydrogens (tertiary/aromatic N) is 1. The van der Waals surface area contributed by atoms with Crippen molar-refractivity contribution in [1.82, 2.24) is 10.2 Å². The number of nitrogens with one attached hydrogen (secondary N) is 1. The molecule has 0 spiro atoms. The highest BCUT2D eigenvalue weighted by molar-refractivity contribution is 6.36. The number of Topliss-reactive ketones (excluding diaryl/α,β-unsaturated/α-hetero) is 1. The third-order valence-electron chi connectivity index (χ3n) is 3.92. The smallest absolute Gasteiger partial charge is 0.287 e. The minimum atomic E-state index is -0.419. The fraction of sp³-hybridized carbons (Fsp3) is 0.867. The Labute approximate surface area is 122 Å². The van der Waals surface area contributed by atoms with Crippen molar-refractivity contribution in [1.29, 1.82) is 0 Å². The molecule has 5 nitrogen and oxygen atoms in total. The minimum Gasteiger partial charge on any atom is -0.381 e. The Morgan fingerprint density at radius 2 is 1.85 bits per heavy atom. The van der Waals surface area contributed by atoms with Gasteiger partial charge < -0.3 is 15.0 Å². The molecule has 1 amide bonds. The predicted octanol–water partition coefficient (Wildman–Crippen LogP) is 1.22. The van der Waals surface area contributed by atoms with E-state index in [1.54, 1.807) is 7.11 Å². The number of methoxy groups -OCH3 is 1. The van der Waals surface area contributed by atoms with E-state index in [-0.39, 0.29) is 5.78 Å². The van der Waals surface area contributed by atoms with Crippen molar-refractivity contribution in [2.75, 3.05) is 34.3 Å². The summed E-state index contributed by atoms with van der Waals surface area (Å²) in [5.41, 5.74) is 0. The van der Waals surface area contributed by atoms with E-state index in [2.05, 4.69) is 10.2 Å². The fourth-order valence-corrected chi connectivity index (χ4v) is 2.62. The van der Waals surface area contributed by atoms with Crippen LogP contribution in [0.5, 0.6) is 0 Å². The SMILES string of the molecule is COC1CCC(CC(=O)C(=O)NCCCN(C)C)CC1. The number of rotatable bonds is 8. The molecule has 1 N–H and O–H groups in total. The third kappa shape index (κ3) is 6.48. The summed E-state index contributed by atoms with van der Waals surface area (Å²) in [5, 5.41) is 2.71. The molecule has 0 bridgehead atoms. The Hall–Kier alpha value is -0.940.